The zero-order valence-corrected chi connectivity index (χ0v) is 29.7. The van der Waals surface area contributed by atoms with Crippen LogP contribution in [0.15, 0.2) is 30.5 Å². The van der Waals surface area contributed by atoms with Gasteiger partial charge in [-0.1, -0.05) is 45.9 Å². The van der Waals surface area contributed by atoms with E-state index in [1.54, 1.807) is 20.0 Å². The van der Waals surface area contributed by atoms with E-state index >= 15 is 0 Å². The Morgan fingerprint density at radius 1 is 0.765 bits per heavy atom. The predicted octanol–water partition coefficient (Wildman–Crippen LogP) is -1.24. The summed E-state index contributed by atoms with van der Waals surface area (Å²) in [6.45, 7) is 5.96. The highest BCUT2D eigenvalue weighted by Gasteiger charge is 2.32. The van der Waals surface area contributed by atoms with E-state index in [4.69, 9.17) is 16.6 Å². The molecule has 1 aromatic carbocycles. The molecule has 1 heterocycles. The molecule has 0 saturated carbocycles. The maximum atomic E-state index is 13.6. The summed E-state index contributed by atoms with van der Waals surface area (Å²) in [6, 6.07) is 3.54. The number of nitrogens with one attached hydrogen (secondary N) is 7. The molecule has 51 heavy (non-hydrogen) atoms. The van der Waals surface area contributed by atoms with Gasteiger partial charge in [-0.3, -0.25) is 33.6 Å². The van der Waals surface area contributed by atoms with E-state index < -0.39 is 91.1 Å². The van der Waals surface area contributed by atoms with Gasteiger partial charge in [0.1, 0.15) is 24.7 Å². The van der Waals surface area contributed by atoms with E-state index in [0.29, 0.717) is 19.4 Å². The third kappa shape index (κ3) is 14.8. The van der Waals surface area contributed by atoms with E-state index in [9.17, 15) is 33.6 Å². The van der Waals surface area contributed by atoms with Crippen molar-refractivity contribution in [2.75, 3.05) is 26.2 Å². The molecule has 6 amide bonds. The Hall–Kier alpha value is -5.03. The average molecular weight is 716 g/mol. The number of rotatable bonds is 22. The number of carbonyl (C=O) groups excluding carboxylic acids is 6. The quantitative estimate of drug-likeness (QED) is 0.0647. The first kappa shape index (κ1) is 42.1. The van der Waals surface area contributed by atoms with Crippen LogP contribution >= 0.6 is 0 Å². The standard InChI is InChI=1S/C34H53N9O8/c1-19(2)13-26(42-31(48)23(36)14-21-15-37-24-10-6-5-9-22(21)24)33(50)43-30(20(3)4)34(51)41-25(11-7-8-12-35)32(49)40-17-28(45)38-16-27(44)39-18-29(46)47/h5-6,9-10,15,19-20,23,25-26,30,37H,7-8,11-14,16-18,35-36H2,1-4H3,(H,38,45)(H,39,44)(H,40,49)(H,41,51)(H,42,48)(H,43,50)(H,46,47)/t23-,25-,26-,30-/m0/s1. The van der Waals surface area contributed by atoms with Gasteiger partial charge < -0.3 is 53.5 Å². The Balaban J connectivity index is 2.06. The van der Waals surface area contributed by atoms with Crippen molar-refractivity contribution >= 4 is 52.3 Å². The molecular weight excluding hydrogens is 662 g/mol. The number of carboxylic acids is 1. The van der Waals surface area contributed by atoms with Gasteiger partial charge in [0.25, 0.3) is 0 Å². The summed E-state index contributed by atoms with van der Waals surface area (Å²) in [5.74, 6) is -5.52. The maximum absolute atomic E-state index is 13.6. The van der Waals surface area contributed by atoms with Crippen LogP contribution in [-0.4, -0.2) is 102 Å². The van der Waals surface area contributed by atoms with Crippen LogP contribution in [-0.2, 0) is 40.0 Å². The highest BCUT2D eigenvalue weighted by molar-refractivity contribution is 5.96. The van der Waals surface area contributed by atoms with Crippen LogP contribution in [0.1, 0.15) is 58.9 Å². The number of nitrogens with two attached hydrogens (primary N) is 2. The van der Waals surface area contributed by atoms with Crippen molar-refractivity contribution in [3.8, 4) is 0 Å². The third-order valence-corrected chi connectivity index (χ3v) is 7.92. The zero-order valence-electron chi connectivity index (χ0n) is 29.7. The van der Waals surface area contributed by atoms with Crippen molar-refractivity contribution in [3.05, 3.63) is 36.0 Å². The second-order valence-electron chi connectivity index (χ2n) is 13.1. The average Bonchev–Trinajstić information content (AvgIpc) is 3.48. The summed E-state index contributed by atoms with van der Waals surface area (Å²) in [7, 11) is 0. The van der Waals surface area contributed by atoms with Crippen molar-refractivity contribution in [2.24, 2.45) is 23.3 Å². The van der Waals surface area contributed by atoms with Gasteiger partial charge >= 0.3 is 5.97 Å². The molecule has 2 rings (SSSR count). The van der Waals surface area contributed by atoms with Gasteiger partial charge in [-0.2, -0.15) is 0 Å². The highest BCUT2D eigenvalue weighted by Crippen LogP contribution is 2.19. The van der Waals surface area contributed by atoms with Gasteiger partial charge in [0.15, 0.2) is 0 Å². The normalized spacial score (nSPS) is 13.5. The molecule has 17 heteroatoms. The van der Waals surface area contributed by atoms with Crippen molar-refractivity contribution in [1.29, 1.82) is 0 Å². The van der Waals surface area contributed by atoms with Crippen molar-refractivity contribution in [1.82, 2.24) is 36.9 Å². The summed E-state index contributed by atoms with van der Waals surface area (Å²) in [5, 5.41) is 24.5. The Morgan fingerprint density at radius 3 is 2.02 bits per heavy atom. The Bertz CT molecular complexity index is 1510. The number of fused-ring (bicyclic) bond motifs is 1. The number of aromatic nitrogens is 1. The molecule has 12 N–H and O–H groups in total. The number of amides is 6. The third-order valence-electron chi connectivity index (χ3n) is 7.92. The topological polar surface area (TPSA) is 280 Å². The van der Waals surface area contributed by atoms with Gasteiger partial charge in [0.2, 0.25) is 35.4 Å². The molecule has 0 fully saturated rings. The molecule has 0 unspecified atom stereocenters. The summed E-state index contributed by atoms with van der Waals surface area (Å²) in [6.07, 6.45) is 3.54. The lowest BCUT2D eigenvalue weighted by Crippen LogP contribution is -2.59. The predicted molar refractivity (Wildman–Crippen MR) is 190 cm³/mol. The lowest BCUT2D eigenvalue weighted by Gasteiger charge is -2.28. The Labute approximate surface area is 297 Å². The van der Waals surface area contributed by atoms with Crippen LogP contribution in [0, 0.1) is 11.8 Å². The molecule has 282 valence electrons. The molecule has 0 spiro atoms. The number of hydrogen-bond donors (Lipinski definition) is 10. The number of aliphatic carboxylic acids is 1. The van der Waals surface area contributed by atoms with E-state index in [0.717, 1.165) is 16.5 Å². The highest BCUT2D eigenvalue weighted by atomic mass is 16.4. The van der Waals surface area contributed by atoms with E-state index in [1.165, 1.54) is 0 Å². The summed E-state index contributed by atoms with van der Waals surface area (Å²) >= 11 is 0. The minimum absolute atomic E-state index is 0.00386. The Morgan fingerprint density at radius 2 is 1.39 bits per heavy atom. The summed E-state index contributed by atoms with van der Waals surface area (Å²) in [4.78, 5) is 91.0. The molecule has 0 bridgehead atoms. The van der Waals surface area contributed by atoms with Crippen molar-refractivity contribution in [2.45, 2.75) is 84.0 Å². The van der Waals surface area contributed by atoms with E-state index in [2.05, 4.69) is 36.9 Å². The lowest BCUT2D eigenvalue weighted by atomic mass is 9.98. The van der Waals surface area contributed by atoms with Crippen LogP contribution in [0.5, 0.6) is 0 Å². The maximum Gasteiger partial charge on any atom is 0.322 e. The first-order valence-corrected chi connectivity index (χ1v) is 17.1. The number of carboxylic acid groups (broad SMARTS) is 1. The number of unbranched alkanes of at least 4 members (excludes halogenated alkanes) is 1. The number of para-hydroxylation sites is 1. The molecule has 0 aliphatic heterocycles. The van der Waals surface area contributed by atoms with Crippen LogP contribution in [0.25, 0.3) is 10.9 Å². The molecule has 4 atom stereocenters. The van der Waals surface area contributed by atoms with Gasteiger partial charge in [0, 0.05) is 17.1 Å². The SMILES string of the molecule is CC(C)C[C@H](NC(=O)[C@@H](N)Cc1c[nH]c2ccccc12)C(=O)N[C@H](C(=O)N[C@@H](CCCCN)C(=O)NCC(=O)NCC(=O)NCC(=O)O)C(C)C. The Kier molecular flexibility index (Phi) is 17.6. The number of hydrogen-bond acceptors (Lipinski definition) is 9. The molecule has 0 saturated heterocycles. The second-order valence-corrected chi connectivity index (χ2v) is 13.1. The molecule has 0 aliphatic rings. The molecule has 2 aromatic rings. The molecule has 0 aliphatic carbocycles. The monoisotopic (exact) mass is 715 g/mol. The van der Waals surface area contributed by atoms with Crippen LogP contribution in [0.4, 0.5) is 0 Å². The molecule has 1 aromatic heterocycles. The fraction of sp³-hybridized carbons (Fsp3) is 0.559. The van der Waals surface area contributed by atoms with Crippen LogP contribution in [0.2, 0.25) is 0 Å². The number of H-pyrrole nitrogens is 1. The lowest BCUT2D eigenvalue weighted by molar-refractivity contribution is -0.137. The fourth-order valence-electron chi connectivity index (χ4n) is 5.19. The van der Waals surface area contributed by atoms with Gasteiger partial charge in [0.05, 0.1) is 19.1 Å². The summed E-state index contributed by atoms with van der Waals surface area (Å²) < 4.78 is 0. The molecule has 17 nitrogen and oxygen atoms in total. The van der Waals surface area contributed by atoms with Gasteiger partial charge in [-0.25, -0.2) is 0 Å². The molecular formula is C34H53N9O8. The largest absolute Gasteiger partial charge is 0.480 e. The van der Waals surface area contributed by atoms with E-state index in [-0.39, 0.29) is 25.2 Å². The summed E-state index contributed by atoms with van der Waals surface area (Å²) in [5.41, 5.74) is 13.7. The van der Waals surface area contributed by atoms with Crippen LogP contribution < -0.4 is 43.4 Å². The van der Waals surface area contributed by atoms with Crippen molar-refractivity contribution < 1.29 is 38.7 Å². The van der Waals surface area contributed by atoms with Crippen LogP contribution in [0.3, 0.4) is 0 Å². The smallest absolute Gasteiger partial charge is 0.322 e. The fourth-order valence-corrected chi connectivity index (χ4v) is 5.19. The molecule has 0 radical (unpaired) electrons. The number of carbonyl (C=O) groups is 7. The van der Waals surface area contributed by atoms with Crippen molar-refractivity contribution in [3.63, 3.8) is 0 Å². The minimum atomic E-state index is -1.25. The number of benzene rings is 1. The van der Waals surface area contributed by atoms with Gasteiger partial charge in [-0.05, 0) is 62.1 Å². The zero-order chi connectivity index (χ0) is 38.1. The van der Waals surface area contributed by atoms with E-state index in [1.807, 2.05) is 38.1 Å². The second kappa shape index (κ2) is 21.2. The first-order chi connectivity index (χ1) is 24.1. The number of aromatic amines is 1. The van der Waals surface area contributed by atoms with Gasteiger partial charge in [-0.15, -0.1) is 0 Å². The first-order valence-electron chi connectivity index (χ1n) is 17.1. The minimum Gasteiger partial charge on any atom is -0.480 e.